The van der Waals surface area contributed by atoms with Crippen molar-refractivity contribution >= 4 is 22.1 Å². The van der Waals surface area contributed by atoms with E-state index in [2.05, 4.69) is 10.8 Å². The smallest absolute Gasteiger partial charge is 0.303 e. The van der Waals surface area contributed by atoms with Gasteiger partial charge in [-0.05, 0) is 61.8 Å². The Labute approximate surface area is 153 Å². The summed E-state index contributed by atoms with van der Waals surface area (Å²) in [6.07, 6.45) is 9.40. The zero-order valence-corrected chi connectivity index (χ0v) is 15.3. The second kappa shape index (κ2) is 9.64. The summed E-state index contributed by atoms with van der Waals surface area (Å²) in [5.74, 6) is -0.841. The fraction of sp³-hybridized carbons (Fsp3) is 0.421. The van der Waals surface area contributed by atoms with Crippen LogP contribution in [0.5, 0.6) is 0 Å². The third-order valence-corrected chi connectivity index (χ3v) is 5.44. The molecule has 0 aliphatic heterocycles. The molecule has 2 unspecified atom stereocenters. The molecular formula is C19H24FNO4S. The molecule has 142 valence electrons. The molecule has 0 bridgehead atoms. The van der Waals surface area contributed by atoms with E-state index >= 15 is 0 Å². The number of nitrogens with one attached hydrogen (secondary N) is 1. The molecule has 2 atom stereocenters. The number of rotatable bonds is 9. The van der Waals surface area contributed by atoms with Crippen LogP contribution < -0.4 is 4.72 Å². The number of hydrogen-bond donors (Lipinski definition) is 2. The van der Waals surface area contributed by atoms with Gasteiger partial charge in [0, 0.05) is 17.9 Å². The molecule has 0 heterocycles. The second-order valence-corrected chi connectivity index (χ2v) is 8.10. The molecule has 1 saturated carbocycles. The fourth-order valence-electron chi connectivity index (χ4n) is 2.97. The van der Waals surface area contributed by atoms with Crippen LogP contribution in [0.4, 0.5) is 4.39 Å². The minimum absolute atomic E-state index is 0.105. The summed E-state index contributed by atoms with van der Waals surface area (Å²) in [4.78, 5) is 10.4. The normalized spacial score (nSPS) is 21.0. The van der Waals surface area contributed by atoms with Gasteiger partial charge < -0.3 is 5.11 Å². The summed E-state index contributed by atoms with van der Waals surface area (Å²) < 4.78 is 39.8. The van der Waals surface area contributed by atoms with Crippen LogP contribution in [0.15, 0.2) is 41.8 Å². The van der Waals surface area contributed by atoms with Crippen LogP contribution in [0.2, 0.25) is 0 Å². The van der Waals surface area contributed by atoms with E-state index in [-0.39, 0.29) is 18.3 Å². The molecule has 2 rings (SSSR count). The summed E-state index contributed by atoms with van der Waals surface area (Å²) in [5, 5.41) is 9.69. The first-order chi connectivity index (χ1) is 12.3. The zero-order chi connectivity index (χ0) is 19.0. The Hall–Kier alpha value is -1.99. The second-order valence-electron chi connectivity index (χ2n) is 6.50. The van der Waals surface area contributed by atoms with E-state index in [1.54, 1.807) is 0 Å². The first kappa shape index (κ1) is 20.3. The first-order valence-electron chi connectivity index (χ1n) is 8.68. The number of allylic oxidation sites excluding steroid dienone is 2. The van der Waals surface area contributed by atoms with E-state index < -0.39 is 16.0 Å². The maximum Gasteiger partial charge on any atom is 0.303 e. The Bertz CT molecular complexity index is 756. The van der Waals surface area contributed by atoms with Crippen LogP contribution in [0.1, 0.15) is 44.1 Å². The monoisotopic (exact) mass is 381 g/mol. The topological polar surface area (TPSA) is 83.5 Å². The Morgan fingerprint density at radius 2 is 2.00 bits per heavy atom. The molecule has 0 aromatic heterocycles. The molecule has 1 aliphatic carbocycles. The van der Waals surface area contributed by atoms with Gasteiger partial charge in [0.05, 0.1) is 0 Å². The number of sulfonamides is 1. The van der Waals surface area contributed by atoms with Gasteiger partial charge in [-0.1, -0.05) is 24.3 Å². The van der Waals surface area contributed by atoms with Crippen molar-refractivity contribution in [1.82, 2.24) is 4.72 Å². The molecule has 2 N–H and O–H groups in total. The van der Waals surface area contributed by atoms with E-state index in [9.17, 15) is 17.6 Å². The molecule has 1 fully saturated rings. The van der Waals surface area contributed by atoms with Crippen LogP contribution in [-0.4, -0.2) is 25.5 Å². The SMILES string of the molecule is O=C(O)CCC/C=C/C1CCC(NS(=O)(=O)/C=C/c2ccc(F)cc2)C1. The molecule has 0 radical (unpaired) electrons. The van der Waals surface area contributed by atoms with Gasteiger partial charge in [0.25, 0.3) is 0 Å². The molecule has 1 aliphatic rings. The molecule has 7 heteroatoms. The highest BCUT2D eigenvalue weighted by molar-refractivity contribution is 7.92. The molecule has 5 nitrogen and oxygen atoms in total. The van der Waals surface area contributed by atoms with Crippen LogP contribution in [0, 0.1) is 11.7 Å². The number of hydrogen-bond acceptors (Lipinski definition) is 3. The number of carboxylic acids is 1. The third-order valence-electron chi connectivity index (χ3n) is 4.28. The van der Waals surface area contributed by atoms with Crippen molar-refractivity contribution < 1.29 is 22.7 Å². The lowest BCUT2D eigenvalue weighted by atomic mass is 10.1. The predicted octanol–water partition coefficient (Wildman–Crippen LogP) is 3.70. The van der Waals surface area contributed by atoms with Crippen molar-refractivity contribution in [2.45, 2.75) is 44.6 Å². The number of carbonyl (C=O) groups is 1. The molecular weight excluding hydrogens is 357 g/mol. The molecule has 1 aromatic rings. The number of carboxylic acid groups (broad SMARTS) is 1. The lowest BCUT2D eigenvalue weighted by Crippen LogP contribution is -2.31. The Morgan fingerprint density at radius 3 is 2.69 bits per heavy atom. The summed E-state index contributed by atoms with van der Waals surface area (Å²) in [6, 6.07) is 5.49. The summed E-state index contributed by atoms with van der Waals surface area (Å²) in [7, 11) is -3.55. The van der Waals surface area contributed by atoms with E-state index in [0.29, 0.717) is 17.9 Å². The lowest BCUT2D eigenvalue weighted by molar-refractivity contribution is -0.137. The van der Waals surface area contributed by atoms with Gasteiger partial charge in [-0.15, -0.1) is 0 Å². The number of unbranched alkanes of at least 4 members (excludes halogenated alkanes) is 1. The molecule has 0 saturated heterocycles. The largest absolute Gasteiger partial charge is 0.481 e. The minimum atomic E-state index is -3.55. The van der Waals surface area contributed by atoms with Crippen molar-refractivity contribution in [2.24, 2.45) is 5.92 Å². The maximum absolute atomic E-state index is 12.8. The van der Waals surface area contributed by atoms with Crippen LogP contribution >= 0.6 is 0 Å². The van der Waals surface area contributed by atoms with Crippen LogP contribution in [-0.2, 0) is 14.8 Å². The average Bonchev–Trinajstić information content (AvgIpc) is 3.00. The van der Waals surface area contributed by atoms with Gasteiger partial charge >= 0.3 is 5.97 Å². The summed E-state index contributed by atoms with van der Waals surface area (Å²) in [6.45, 7) is 0. The van der Waals surface area contributed by atoms with Crippen molar-refractivity contribution in [3.8, 4) is 0 Å². The van der Waals surface area contributed by atoms with E-state index in [1.807, 2.05) is 6.08 Å². The standard InChI is InChI=1S/C19H24FNO4S/c20-17-9-6-15(7-10-17)12-13-26(24,25)21-18-11-8-16(14-18)4-2-1-3-5-19(22)23/h2,4,6-7,9-10,12-13,16,18,21H,1,3,5,8,11,14H2,(H,22,23)/b4-2+,13-12+. The third kappa shape index (κ3) is 7.49. The lowest BCUT2D eigenvalue weighted by Gasteiger charge is -2.10. The highest BCUT2D eigenvalue weighted by Crippen LogP contribution is 2.27. The van der Waals surface area contributed by atoms with Gasteiger partial charge in [-0.25, -0.2) is 17.5 Å². The Morgan fingerprint density at radius 1 is 1.27 bits per heavy atom. The van der Waals surface area contributed by atoms with Crippen LogP contribution in [0.25, 0.3) is 6.08 Å². The van der Waals surface area contributed by atoms with Crippen molar-refractivity contribution in [3.05, 3.63) is 53.2 Å². The number of benzene rings is 1. The number of aliphatic carboxylic acids is 1. The predicted molar refractivity (Wildman–Crippen MR) is 99.2 cm³/mol. The Balaban J connectivity index is 1.78. The molecule has 1 aromatic carbocycles. The van der Waals surface area contributed by atoms with Gasteiger partial charge in [0.1, 0.15) is 5.82 Å². The van der Waals surface area contributed by atoms with Gasteiger partial charge in [0.15, 0.2) is 0 Å². The zero-order valence-electron chi connectivity index (χ0n) is 14.5. The van der Waals surface area contributed by atoms with Gasteiger partial charge in [-0.2, -0.15) is 0 Å². The van der Waals surface area contributed by atoms with Crippen molar-refractivity contribution in [1.29, 1.82) is 0 Å². The molecule has 0 amide bonds. The van der Waals surface area contributed by atoms with Crippen molar-refractivity contribution in [2.75, 3.05) is 0 Å². The van der Waals surface area contributed by atoms with E-state index in [0.717, 1.165) is 31.1 Å². The molecule has 0 spiro atoms. The maximum atomic E-state index is 12.8. The minimum Gasteiger partial charge on any atom is -0.481 e. The number of halogens is 1. The fourth-order valence-corrected chi connectivity index (χ4v) is 4.07. The van der Waals surface area contributed by atoms with Crippen LogP contribution in [0.3, 0.4) is 0 Å². The Kier molecular flexibility index (Phi) is 7.53. The van der Waals surface area contributed by atoms with Crippen molar-refractivity contribution in [3.63, 3.8) is 0 Å². The van der Waals surface area contributed by atoms with E-state index in [4.69, 9.17) is 5.11 Å². The van der Waals surface area contributed by atoms with Gasteiger partial charge in [-0.3, -0.25) is 4.79 Å². The first-order valence-corrected chi connectivity index (χ1v) is 10.2. The quantitative estimate of drug-likeness (QED) is 0.505. The summed E-state index contributed by atoms with van der Waals surface area (Å²) in [5.41, 5.74) is 0.616. The highest BCUT2D eigenvalue weighted by atomic mass is 32.2. The average molecular weight is 381 g/mol. The van der Waals surface area contributed by atoms with E-state index in [1.165, 1.54) is 30.3 Å². The van der Waals surface area contributed by atoms with Gasteiger partial charge in [0.2, 0.25) is 10.0 Å². The highest BCUT2D eigenvalue weighted by Gasteiger charge is 2.25. The molecule has 26 heavy (non-hydrogen) atoms. The summed E-state index contributed by atoms with van der Waals surface area (Å²) >= 11 is 0.